The van der Waals surface area contributed by atoms with Gasteiger partial charge in [0.2, 0.25) is 0 Å². The third kappa shape index (κ3) is 3.79. The molecule has 0 aliphatic heterocycles. The van der Waals surface area contributed by atoms with Gasteiger partial charge in [0.05, 0.1) is 5.56 Å². The quantitative estimate of drug-likeness (QED) is 0.699. The van der Waals surface area contributed by atoms with E-state index in [1.807, 2.05) is 43.3 Å². The Bertz CT molecular complexity index is 842. The van der Waals surface area contributed by atoms with Crippen LogP contribution < -0.4 is 10.6 Å². The largest absolute Gasteiger partial charge is 0.356 e. The Morgan fingerprint density at radius 1 is 0.792 bits per heavy atom. The first-order chi connectivity index (χ1) is 11.6. The lowest BCUT2D eigenvalue weighted by atomic mass is 10.2. The van der Waals surface area contributed by atoms with Gasteiger partial charge in [-0.25, -0.2) is 4.39 Å². The van der Waals surface area contributed by atoms with Gasteiger partial charge in [-0.05, 0) is 55.5 Å². The highest BCUT2D eigenvalue weighted by Crippen LogP contribution is 2.20. The van der Waals surface area contributed by atoms with E-state index in [0.717, 1.165) is 11.4 Å². The minimum atomic E-state index is -0.535. The van der Waals surface area contributed by atoms with Crippen LogP contribution in [0.25, 0.3) is 0 Å². The summed E-state index contributed by atoms with van der Waals surface area (Å²) in [5.41, 5.74) is 3.73. The van der Waals surface area contributed by atoms with Crippen molar-refractivity contribution in [3.8, 4) is 0 Å². The first-order valence-electron chi connectivity index (χ1n) is 7.61. The summed E-state index contributed by atoms with van der Waals surface area (Å²) in [6.07, 6.45) is 0. The molecule has 0 saturated carbocycles. The average Bonchev–Trinajstić information content (AvgIpc) is 2.59. The Balaban J connectivity index is 1.67. The van der Waals surface area contributed by atoms with E-state index in [0.29, 0.717) is 5.69 Å². The summed E-state index contributed by atoms with van der Waals surface area (Å²) in [6, 6.07) is 21.2. The predicted octanol–water partition coefficient (Wildman–Crippen LogP) is 5.13. The molecule has 3 nitrogen and oxygen atoms in total. The molecule has 0 spiro atoms. The van der Waals surface area contributed by atoms with Gasteiger partial charge in [0.1, 0.15) is 5.82 Å². The van der Waals surface area contributed by atoms with E-state index in [2.05, 4.69) is 10.6 Å². The van der Waals surface area contributed by atoms with Crippen LogP contribution in [-0.4, -0.2) is 5.91 Å². The monoisotopic (exact) mass is 320 g/mol. The predicted molar refractivity (Wildman–Crippen MR) is 95.3 cm³/mol. The maximum absolute atomic E-state index is 13.6. The van der Waals surface area contributed by atoms with E-state index in [9.17, 15) is 9.18 Å². The number of rotatable bonds is 4. The molecule has 3 aromatic carbocycles. The second-order valence-corrected chi connectivity index (χ2v) is 5.50. The Kier molecular flexibility index (Phi) is 4.57. The summed E-state index contributed by atoms with van der Waals surface area (Å²) in [6.45, 7) is 2.04. The standard InChI is InChI=1S/C20H17FN2O/c1-14-6-8-15(9-7-14)22-16-10-12-17(13-11-16)23-20(24)18-4-2-3-5-19(18)21/h2-13,22H,1H3,(H,23,24). The highest BCUT2D eigenvalue weighted by Gasteiger charge is 2.10. The molecule has 120 valence electrons. The molecule has 0 aromatic heterocycles. The molecule has 0 unspecified atom stereocenters. The number of benzene rings is 3. The van der Waals surface area contributed by atoms with Crippen molar-refractivity contribution in [3.63, 3.8) is 0 Å². The van der Waals surface area contributed by atoms with Gasteiger partial charge in [-0.2, -0.15) is 0 Å². The summed E-state index contributed by atoms with van der Waals surface area (Å²) in [5.74, 6) is -1.000. The van der Waals surface area contributed by atoms with Gasteiger partial charge in [-0.3, -0.25) is 4.79 Å². The molecule has 0 radical (unpaired) electrons. The third-order valence-corrected chi connectivity index (χ3v) is 3.60. The fourth-order valence-electron chi connectivity index (χ4n) is 2.28. The normalized spacial score (nSPS) is 10.2. The molecular weight excluding hydrogens is 303 g/mol. The van der Waals surface area contributed by atoms with Crippen LogP contribution in [0, 0.1) is 12.7 Å². The third-order valence-electron chi connectivity index (χ3n) is 3.60. The summed E-state index contributed by atoms with van der Waals surface area (Å²) in [7, 11) is 0. The Hall–Kier alpha value is -3.14. The molecule has 24 heavy (non-hydrogen) atoms. The lowest BCUT2D eigenvalue weighted by Crippen LogP contribution is -2.13. The van der Waals surface area contributed by atoms with Crippen molar-refractivity contribution in [1.29, 1.82) is 0 Å². The van der Waals surface area contributed by atoms with Crippen molar-refractivity contribution in [2.24, 2.45) is 0 Å². The van der Waals surface area contributed by atoms with E-state index >= 15 is 0 Å². The molecule has 2 N–H and O–H groups in total. The van der Waals surface area contributed by atoms with E-state index in [1.165, 1.54) is 17.7 Å². The van der Waals surface area contributed by atoms with Gasteiger partial charge < -0.3 is 10.6 Å². The maximum Gasteiger partial charge on any atom is 0.258 e. The number of hydrogen-bond acceptors (Lipinski definition) is 2. The molecule has 0 fully saturated rings. The lowest BCUT2D eigenvalue weighted by molar-refractivity contribution is 0.102. The second-order valence-electron chi connectivity index (χ2n) is 5.50. The zero-order chi connectivity index (χ0) is 16.9. The van der Waals surface area contributed by atoms with E-state index < -0.39 is 11.7 Å². The van der Waals surface area contributed by atoms with Gasteiger partial charge in [-0.1, -0.05) is 29.8 Å². The van der Waals surface area contributed by atoms with Gasteiger partial charge in [0.15, 0.2) is 0 Å². The van der Waals surface area contributed by atoms with Crippen LogP contribution in [0.1, 0.15) is 15.9 Å². The molecule has 0 saturated heterocycles. The molecular formula is C20H17FN2O. The van der Waals surface area contributed by atoms with Crippen LogP contribution in [0.2, 0.25) is 0 Å². The van der Waals surface area contributed by atoms with E-state index in [1.54, 1.807) is 24.3 Å². The lowest BCUT2D eigenvalue weighted by Gasteiger charge is -2.09. The zero-order valence-electron chi connectivity index (χ0n) is 13.2. The molecule has 0 atom stereocenters. The van der Waals surface area contributed by atoms with Crippen molar-refractivity contribution in [3.05, 3.63) is 89.7 Å². The number of halogens is 1. The van der Waals surface area contributed by atoms with Crippen LogP contribution in [0.3, 0.4) is 0 Å². The van der Waals surface area contributed by atoms with E-state index in [-0.39, 0.29) is 5.56 Å². The van der Waals surface area contributed by atoms with Crippen molar-refractivity contribution >= 4 is 23.0 Å². The number of nitrogens with one attached hydrogen (secondary N) is 2. The molecule has 3 rings (SSSR count). The molecule has 1 amide bonds. The van der Waals surface area contributed by atoms with Crippen molar-refractivity contribution < 1.29 is 9.18 Å². The van der Waals surface area contributed by atoms with Crippen LogP contribution in [0.4, 0.5) is 21.5 Å². The Morgan fingerprint density at radius 2 is 1.33 bits per heavy atom. The van der Waals surface area contributed by atoms with Gasteiger partial charge in [-0.15, -0.1) is 0 Å². The Labute approximate surface area is 140 Å². The highest BCUT2D eigenvalue weighted by atomic mass is 19.1. The minimum Gasteiger partial charge on any atom is -0.356 e. The maximum atomic E-state index is 13.6. The van der Waals surface area contributed by atoms with Crippen LogP contribution in [-0.2, 0) is 0 Å². The summed E-state index contributed by atoms with van der Waals surface area (Å²) >= 11 is 0. The number of anilines is 3. The molecule has 0 aliphatic rings. The van der Waals surface area contributed by atoms with Gasteiger partial charge >= 0.3 is 0 Å². The SMILES string of the molecule is Cc1ccc(Nc2ccc(NC(=O)c3ccccc3F)cc2)cc1. The van der Waals surface area contributed by atoms with E-state index in [4.69, 9.17) is 0 Å². The summed E-state index contributed by atoms with van der Waals surface area (Å²) < 4.78 is 13.6. The number of hydrogen-bond donors (Lipinski definition) is 2. The van der Waals surface area contributed by atoms with Crippen molar-refractivity contribution in [2.45, 2.75) is 6.92 Å². The number of amides is 1. The first kappa shape index (κ1) is 15.7. The van der Waals surface area contributed by atoms with Gasteiger partial charge in [0.25, 0.3) is 5.91 Å². The Morgan fingerprint density at radius 3 is 1.96 bits per heavy atom. The van der Waals surface area contributed by atoms with Crippen LogP contribution >= 0.6 is 0 Å². The molecule has 4 heteroatoms. The van der Waals surface area contributed by atoms with Crippen molar-refractivity contribution in [2.75, 3.05) is 10.6 Å². The first-order valence-corrected chi connectivity index (χ1v) is 7.61. The molecule has 0 aliphatic carbocycles. The summed E-state index contributed by atoms with van der Waals surface area (Å²) in [4.78, 5) is 12.1. The number of carbonyl (C=O) groups is 1. The number of carbonyl (C=O) groups excluding carboxylic acids is 1. The highest BCUT2D eigenvalue weighted by molar-refractivity contribution is 6.04. The van der Waals surface area contributed by atoms with Crippen LogP contribution in [0.5, 0.6) is 0 Å². The van der Waals surface area contributed by atoms with Crippen LogP contribution in [0.15, 0.2) is 72.8 Å². The van der Waals surface area contributed by atoms with Gasteiger partial charge in [0, 0.05) is 17.1 Å². The molecule has 3 aromatic rings. The average molecular weight is 320 g/mol. The second kappa shape index (κ2) is 6.96. The smallest absolute Gasteiger partial charge is 0.258 e. The van der Waals surface area contributed by atoms with Crippen molar-refractivity contribution in [1.82, 2.24) is 0 Å². The fraction of sp³-hybridized carbons (Fsp3) is 0.0500. The molecule has 0 heterocycles. The molecule has 0 bridgehead atoms. The fourth-order valence-corrected chi connectivity index (χ4v) is 2.28. The summed E-state index contributed by atoms with van der Waals surface area (Å²) in [5, 5.41) is 5.97. The number of aryl methyl sites for hydroxylation is 1. The minimum absolute atomic E-state index is 0.0272. The zero-order valence-corrected chi connectivity index (χ0v) is 13.2. The topological polar surface area (TPSA) is 41.1 Å².